The number of nitrogens with zero attached hydrogens (tertiary/aromatic N) is 3. The molecule has 1 aromatic carbocycles. The largest absolute Gasteiger partial charge is 0.300 e. The molecule has 3 nitrogen and oxygen atoms in total. The zero-order valence-electron chi connectivity index (χ0n) is 17.7. The van der Waals surface area contributed by atoms with E-state index in [9.17, 15) is 0 Å². The third-order valence-corrected chi connectivity index (χ3v) is 7.91. The maximum absolute atomic E-state index is 4.18. The van der Waals surface area contributed by atoms with Crippen molar-refractivity contribution in [2.24, 2.45) is 5.92 Å². The molecular weight excluding hydrogens is 374 g/mol. The van der Waals surface area contributed by atoms with Gasteiger partial charge in [0.15, 0.2) is 0 Å². The molecule has 0 bridgehead atoms. The van der Waals surface area contributed by atoms with Crippen molar-refractivity contribution in [2.75, 3.05) is 31.6 Å². The molecule has 2 aliphatic heterocycles. The summed E-state index contributed by atoms with van der Waals surface area (Å²) in [6, 6.07) is 16.8. The van der Waals surface area contributed by atoms with Crippen LogP contribution < -0.4 is 0 Å². The van der Waals surface area contributed by atoms with E-state index < -0.39 is 0 Å². The fourth-order valence-electron chi connectivity index (χ4n) is 5.15. The SMILES string of the molecule is CN(Cc1ccncc1)C(Cc1ccccc1)C1CCN(C2CCSCC2)CC1. The number of pyridine rings is 1. The molecule has 4 heteroatoms. The van der Waals surface area contributed by atoms with Crippen molar-refractivity contribution >= 4 is 11.8 Å². The molecule has 2 fully saturated rings. The number of likely N-dealkylation sites (N-methyl/N-ethyl adjacent to an activating group) is 1. The summed E-state index contributed by atoms with van der Waals surface area (Å²) in [5, 5.41) is 0. The zero-order valence-corrected chi connectivity index (χ0v) is 18.6. The van der Waals surface area contributed by atoms with Crippen LogP contribution in [0, 0.1) is 5.92 Å². The minimum atomic E-state index is 0.592. The third kappa shape index (κ3) is 5.84. The van der Waals surface area contributed by atoms with E-state index in [0.717, 1.165) is 24.9 Å². The Kier molecular flexibility index (Phi) is 7.64. The first kappa shape index (κ1) is 20.9. The van der Waals surface area contributed by atoms with Gasteiger partial charge in [-0.1, -0.05) is 30.3 Å². The number of hydrogen-bond acceptors (Lipinski definition) is 4. The predicted molar refractivity (Wildman–Crippen MR) is 124 cm³/mol. The zero-order chi connectivity index (χ0) is 19.9. The summed E-state index contributed by atoms with van der Waals surface area (Å²) in [5.41, 5.74) is 2.82. The number of likely N-dealkylation sites (tertiary alicyclic amines) is 1. The van der Waals surface area contributed by atoms with Crippen LogP contribution in [0.2, 0.25) is 0 Å². The summed E-state index contributed by atoms with van der Waals surface area (Å²) in [4.78, 5) is 9.58. The van der Waals surface area contributed by atoms with Crippen molar-refractivity contribution in [3.8, 4) is 0 Å². The van der Waals surface area contributed by atoms with Crippen molar-refractivity contribution in [3.63, 3.8) is 0 Å². The Balaban J connectivity index is 1.42. The van der Waals surface area contributed by atoms with Crippen molar-refractivity contribution in [1.82, 2.24) is 14.8 Å². The molecule has 1 aromatic heterocycles. The van der Waals surface area contributed by atoms with Gasteiger partial charge in [-0.3, -0.25) is 9.88 Å². The molecule has 0 amide bonds. The Bertz CT molecular complexity index is 709. The van der Waals surface area contributed by atoms with Gasteiger partial charge in [0.2, 0.25) is 0 Å². The van der Waals surface area contributed by atoms with Crippen molar-refractivity contribution in [3.05, 3.63) is 66.0 Å². The standard InChI is InChI=1S/C25H35N3S/c1-27(20-22-7-13-26-14-8-22)25(19-21-5-3-2-4-6-21)23-9-15-28(16-10-23)24-11-17-29-18-12-24/h2-8,13-14,23-25H,9-12,15-20H2,1H3. The highest BCUT2D eigenvalue weighted by Gasteiger charge is 2.32. The molecule has 29 heavy (non-hydrogen) atoms. The van der Waals surface area contributed by atoms with E-state index >= 15 is 0 Å². The Morgan fingerprint density at radius 3 is 2.34 bits per heavy atom. The van der Waals surface area contributed by atoms with Crippen LogP contribution in [-0.4, -0.2) is 58.5 Å². The van der Waals surface area contributed by atoms with E-state index in [2.05, 4.69) is 76.1 Å². The van der Waals surface area contributed by atoms with Gasteiger partial charge in [0.1, 0.15) is 0 Å². The molecule has 3 heterocycles. The van der Waals surface area contributed by atoms with Gasteiger partial charge in [0.05, 0.1) is 0 Å². The molecule has 1 atom stereocenters. The lowest BCUT2D eigenvalue weighted by atomic mass is 9.84. The van der Waals surface area contributed by atoms with Crippen molar-refractivity contribution < 1.29 is 0 Å². The lowest BCUT2D eigenvalue weighted by molar-refractivity contribution is 0.0743. The van der Waals surface area contributed by atoms with Crippen LogP contribution in [-0.2, 0) is 13.0 Å². The number of hydrogen-bond donors (Lipinski definition) is 0. The van der Waals surface area contributed by atoms with E-state index in [-0.39, 0.29) is 0 Å². The monoisotopic (exact) mass is 409 g/mol. The Hall–Kier alpha value is -1.36. The highest BCUT2D eigenvalue weighted by molar-refractivity contribution is 7.99. The van der Waals surface area contributed by atoms with Gasteiger partial charge in [-0.05, 0) is 92.9 Å². The van der Waals surface area contributed by atoms with Crippen LogP contribution in [0.5, 0.6) is 0 Å². The van der Waals surface area contributed by atoms with Crippen LogP contribution >= 0.6 is 11.8 Å². The summed E-state index contributed by atoms with van der Waals surface area (Å²) in [7, 11) is 2.32. The van der Waals surface area contributed by atoms with Gasteiger partial charge in [0.25, 0.3) is 0 Å². The predicted octanol–water partition coefficient (Wildman–Crippen LogP) is 4.73. The topological polar surface area (TPSA) is 19.4 Å². The fraction of sp³-hybridized carbons (Fsp3) is 0.560. The van der Waals surface area contributed by atoms with Crippen LogP contribution in [0.1, 0.15) is 36.8 Å². The van der Waals surface area contributed by atoms with Gasteiger partial charge >= 0.3 is 0 Å². The van der Waals surface area contributed by atoms with Crippen molar-refractivity contribution in [2.45, 2.75) is 50.7 Å². The van der Waals surface area contributed by atoms with Crippen molar-refractivity contribution in [1.29, 1.82) is 0 Å². The maximum atomic E-state index is 4.18. The van der Waals surface area contributed by atoms with E-state index in [4.69, 9.17) is 0 Å². The highest BCUT2D eigenvalue weighted by atomic mass is 32.2. The molecule has 2 aromatic rings. The summed E-state index contributed by atoms with van der Waals surface area (Å²) < 4.78 is 0. The molecule has 0 N–H and O–H groups in total. The minimum absolute atomic E-state index is 0.592. The summed E-state index contributed by atoms with van der Waals surface area (Å²) in [6.07, 6.45) is 10.4. The normalized spacial score (nSPS) is 20.8. The molecule has 4 rings (SSSR count). The summed E-state index contributed by atoms with van der Waals surface area (Å²) in [6.45, 7) is 3.57. The van der Waals surface area contributed by atoms with Crippen LogP contribution in [0.3, 0.4) is 0 Å². The molecule has 0 spiro atoms. The van der Waals surface area contributed by atoms with Gasteiger partial charge in [-0.2, -0.15) is 11.8 Å². The minimum Gasteiger partial charge on any atom is -0.300 e. The first-order chi connectivity index (χ1) is 14.3. The summed E-state index contributed by atoms with van der Waals surface area (Å²) >= 11 is 2.14. The fourth-order valence-corrected chi connectivity index (χ4v) is 6.23. The number of thioether (sulfide) groups is 1. The quantitative estimate of drug-likeness (QED) is 0.658. The molecule has 0 aliphatic carbocycles. The molecule has 156 valence electrons. The highest BCUT2D eigenvalue weighted by Crippen LogP contribution is 2.30. The average Bonchev–Trinajstić information content (AvgIpc) is 2.79. The van der Waals surface area contributed by atoms with Gasteiger partial charge in [-0.15, -0.1) is 0 Å². The van der Waals surface area contributed by atoms with Crippen LogP contribution in [0.15, 0.2) is 54.9 Å². The van der Waals surface area contributed by atoms with E-state index in [1.807, 2.05) is 12.4 Å². The molecule has 0 saturated carbocycles. The molecule has 2 aliphatic rings. The molecular formula is C25H35N3S. The lowest BCUT2D eigenvalue weighted by Crippen LogP contribution is -2.48. The number of benzene rings is 1. The van der Waals surface area contributed by atoms with Crippen LogP contribution in [0.4, 0.5) is 0 Å². The maximum Gasteiger partial charge on any atom is 0.0271 e. The first-order valence-electron chi connectivity index (χ1n) is 11.2. The second-order valence-electron chi connectivity index (χ2n) is 8.74. The second kappa shape index (κ2) is 10.6. The molecule has 0 radical (unpaired) electrons. The van der Waals surface area contributed by atoms with E-state index in [1.54, 1.807) is 0 Å². The molecule has 1 unspecified atom stereocenters. The summed E-state index contributed by atoms with van der Waals surface area (Å²) in [5.74, 6) is 3.49. The van der Waals surface area contributed by atoms with E-state index in [1.165, 1.54) is 61.4 Å². The van der Waals surface area contributed by atoms with Gasteiger partial charge in [-0.25, -0.2) is 0 Å². The smallest absolute Gasteiger partial charge is 0.0271 e. The van der Waals surface area contributed by atoms with Gasteiger partial charge < -0.3 is 4.90 Å². The second-order valence-corrected chi connectivity index (χ2v) is 9.97. The number of piperidine rings is 1. The van der Waals surface area contributed by atoms with Crippen LogP contribution in [0.25, 0.3) is 0 Å². The lowest BCUT2D eigenvalue weighted by Gasteiger charge is -2.43. The molecule has 2 saturated heterocycles. The Morgan fingerprint density at radius 1 is 0.966 bits per heavy atom. The first-order valence-corrected chi connectivity index (χ1v) is 12.4. The Morgan fingerprint density at radius 2 is 1.66 bits per heavy atom. The number of aromatic nitrogens is 1. The van der Waals surface area contributed by atoms with Gasteiger partial charge in [0, 0.05) is 31.0 Å². The number of rotatable bonds is 7. The Labute approximate surface area is 180 Å². The third-order valence-electron chi connectivity index (χ3n) is 6.86. The average molecular weight is 410 g/mol. The van der Waals surface area contributed by atoms with E-state index in [0.29, 0.717) is 6.04 Å².